The lowest BCUT2D eigenvalue weighted by Crippen LogP contribution is -1.89. The molecule has 0 saturated heterocycles. The van der Waals surface area contributed by atoms with Crippen molar-refractivity contribution in [1.82, 2.24) is 0 Å². The Labute approximate surface area is 66.7 Å². The highest BCUT2D eigenvalue weighted by atomic mass is 32.1. The molecule has 0 unspecified atom stereocenters. The number of benzene rings is 1. The second-order valence-electron chi connectivity index (χ2n) is 2.48. The van der Waals surface area contributed by atoms with E-state index in [1.165, 1.54) is 11.1 Å². The number of rotatable bonds is 0. The molecule has 0 fully saturated rings. The molecule has 0 heterocycles. The Morgan fingerprint density at radius 2 is 1.90 bits per heavy atom. The molecule has 0 spiro atoms. The first-order valence-corrected chi connectivity index (χ1v) is 3.61. The molecule has 0 aliphatic rings. The van der Waals surface area contributed by atoms with Crippen molar-refractivity contribution in [3.8, 4) is 0 Å². The summed E-state index contributed by atoms with van der Waals surface area (Å²) < 4.78 is 0. The van der Waals surface area contributed by atoms with E-state index in [1.54, 1.807) is 0 Å². The van der Waals surface area contributed by atoms with Crippen molar-refractivity contribution in [1.29, 1.82) is 0 Å². The molecule has 1 rings (SSSR count). The Balaban J connectivity index is 3.31. The van der Waals surface area contributed by atoms with E-state index in [1.807, 2.05) is 26.0 Å². The molecule has 0 aliphatic carbocycles. The topological polar surface area (TPSA) is 26.0 Å². The van der Waals surface area contributed by atoms with Gasteiger partial charge in [0.1, 0.15) is 0 Å². The van der Waals surface area contributed by atoms with Crippen molar-refractivity contribution in [2.24, 2.45) is 0 Å². The van der Waals surface area contributed by atoms with Gasteiger partial charge in [0, 0.05) is 10.6 Å². The molecule has 1 aromatic rings. The van der Waals surface area contributed by atoms with Gasteiger partial charge in [-0.05, 0) is 37.1 Å². The lowest BCUT2D eigenvalue weighted by Gasteiger charge is -2.03. The molecule has 2 N–H and O–H groups in total. The smallest absolute Gasteiger partial charge is 0.0327 e. The molecule has 0 saturated carbocycles. The normalized spacial score (nSPS) is 9.90. The van der Waals surface area contributed by atoms with Crippen LogP contribution in [0, 0.1) is 13.8 Å². The highest BCUT2D eigenvalue weighted by Gasteiger charge is 1.97. The lowest BCUT2D eigenvalue weighted by molar-refractivity contribution is 1.24. The minimum absolute atomic E-state index is 0.785. The third kappa shape index (κ3) is 1.27. The van der Waals surface area contributed by atoms with Gasteiger partial charge in [-0.25, -0.2) is 0 Å². The second kappa shape index (κ2) is 2.54. The molecule has 0 bridgehead atoms. The summed E-state index contributed by atoms with van der Waals surface area (Å²) in [6.45, 7) is 4.07. The first-order chi connectivity index (χ1) is 4.61. The van der Waals surface area contributed by atoms with Crippen LogP contribution in [0.15, 0.2) is 17.0 Å². The van der Waals surface area contributed by atoms with E-state index in [0.29, 0.717) is 0 Å². The Hall–Kier alpha value is -0.630. The maximum Gasteiger partial charge on any atom is 0.0327 e. The van der Waals surface area contributed by atoms with E-state index >= 15 is 0 Å². The van der Waals surface area contributed by atoms with Crippen LogP contribution in [0.1, 0.15) is 11.1 Å². The fourth-order valence-electron chi connectivity index (χ4n) is 0.868. The zero-order valence-electron chi connectivity index (χ0n) is 6.18. The van der Waals surface area contributed by atoms with Crippen LogP contribution in [0.5, 0.6) is 0 Å². The standard InChI is InChI=1S/C8H11NS/c1-5-3-7(9)4-8(10)6(5)2/h3-4,10H,9H2,1-2H3. The second-order valence-corrected chi connectivity index (χ2v) is 2.96. The lowest BCUT2D eigenvalue weighted by atomic mass is 10.1. The summed E-state index contributed by atoms with van der Waals surface area (Å²) in [7, 11) is 0. The summed E-state index contributed by atoms with van der Waals surface area (Å²) in [5.74, 6) is 0. The van der Waals surface area contributed by atoms with Crippen molar-refractivity contribution in [2.75, 3.05) is 5.73 Å². The fourth-order valence-corrected chi connectivity index (χ4v) is 1.19. The molecular formula is C8H11NS. The monoisotopic (exact) mass is 153 g/mol. The van der Waals surface area contributed by atoms with E-state index in [2.05, 4.69) is 12.6 Å². The van der Waals surface area contributed by atoms with E-state index in [4.69, 9.17) is 5.73 Å². The number of nitrogen functional groups attached to an aromatic ring is 1. The van der Waals surface area contributed by atoms with E-state index in [9.17, 15) is 0 Å². The zero-order valence-corrected chi connectivity index (χ0v) is 7.07. The predicted octanol–water partition coefficient (Wildman–Crippen LogP) is 2.17. The van der Waals surface area contributed by atoms with Crippen molar-refractivity contribution in [2.45, 2.75) is 18.7 Å². The van der Waals surface area contributed by atoms with E-state index in [0.717, 1.165) is 10.6 Å². The fraction of sp³-hybridized carbons (Fsp3) is 0.250. The van der Waals surface area contributed by atoms with Crippen LogP contribution in [0.25, 0.3) is 0 Å². The maximum atomic E-state index is 5.58. The Kier molecular flexibility index (Phi) is 1.90. The number of aryl methyl sites for hydroxylation is 1. The van der Waals surface area contributed by atoms with E-state index in [-0.39, 0.29) is 0 Å². The number of hydrogen-bond donors (Lipinski definition) is 2. The maximum absolute atomic E-state index is 5.58. The Bertz CT molecular complexity index is 232. The summed E-state index contributed by atoms with van der Waals surface area (Å²) in [5.41, 5.74) is 8.77. The third-order valence-electron chi connectivity index (χ3n) is 1.66. The van der Waals surface area contributed by atoms with Crippen LogP contribution in [-0.4, -0.2) is 0 Å². The van der Waals surface area contributed by atoms with Crippen molar-refractivity contribution < 1.29 is 0 Å². The number of hydrogen-bond acceptors (Lipinski definition) is 2. The Morgan fingerprint density at radius 3 is 2.40 bits per heavy atom. The van der Waals surface area contributed by atoms with Crippen molar-refractivity contribution in [3.63, 3.8) is 0 Å². The van der Waals surface area contributed by atoms with Gasteiger partial charge in [0.2, 0.25) is 0 Å². The molecule has 10 heavy (non-hydrogen) atoms. The first kappa shape index (κ1) is 7.48. The molecule has 0 radical (unpaired) electrons. The average Bonchev–Trinajstić information content (AvgIpc) is 1.82. The van der Waals surface area contributed by atoms with Gasteiger partial charge in [-0.3, -0.25) is 0 Å². The summed E-state index contributed by atoms with van der Waals surface area (Å²) >= 11 is 4.26. The SMILES string of the molecule is Cc1cc(N)cc(S)c1C. The summed E-state index contributed by atoms with van der Waals surface area (Å²) in [4.78, 5) is 0.970. The summed E-state index contributed by atoms with van der Waals surface area (Å²) in [6.07, 6.45) is 0. The first-order valence-electron chi connectivity index (χ1n) is 3.17. The minimum atomic E-state index is 0.785. The average molecular weight is 153 g/mol. The van der Waals surface area contributed by atoms with Crippen LogP contribution in [0.4, 0.5) is 5.69 Å². The van der Waals surface area contributed by atoms with Gasteiger partial charge in [-0.2, -0.15) is 0 Å². The molecule has 54 valence electrons. The molecular weight excluding hydrogens is 142 g/mol. The van der Waals surface area contributed by atoms with Crippen LogP contribution in [0.3, 0.4) is 0 Å². The molecule has 0 amide bonds. The van der Waals surface area contributed by atoms with Crippen LogP contribution in [-0.2, 0) is 0 Å². The molecule has 0 aliphatic heterocycles. The molecule has 0 atom stereocenters. The largest absolute Gasteiger partial charge is 0.399 e. The van der Waals surface area contributed by atoms with Crippen LogP contribution >= 0.6 is 12.6 Å². The molecule has 0 aromatic heterocycles. The highest BCUT2D eigenvalue weighted by molar-refractivity contribution is 7.80. The Morgan fingerprint density at radius 1 is 1.30 bits per heavy atom. The van der Waals surface area contributed by atoms with Gasteiger partial charge in [-0.1, -0.05) is 0 Å². The van der Waals surface area contributed by atoms with Crippen LogP contribution in [0.2, 0.25) is 0 Å². The number of thiol groups is 1. The van der Waals surface area contributed by atoms with Crippen LogP contribution < -0.4 is 5.73 Å². The number of nitrogens with two attached hydrogens (primary N) is 1. The van der Waals surface area contributed by atoms with Gasteiger partial charge in [0.25, 0.3) is 0 Å². The van der Waals surface area contributed by atoms with Gasteiger partial charge in [-0.15, -0.1) is 12.6 Å². The highest BCUT2D eigenvalue weighted by Crippen LogP contribution is 2.20. The van der Waals surface area contributed by atoms with E-state index < -0.39 is 0 Å². The predicted molar refractivity (Wildman–Crippen MR) is 47.6 cm³/mol. The molecule has 1 nitrogen and oxygen atoms in total. The van der Waals surface area contributed by atoms with Gasteiger partial charge in [0.05, 0.1) is 0 Å². The molecule has 2 heteroatoms. The van der Waals surface area contributed by atoms with Gasteiger partial charge in [0.15, 0.2) is 0 Å². The van der Waals surface area contributed by atoms with Gasteiger partial charge >= 0.3 is 0 Å². The summed E-state index contributed by atoms with van der Waals surface area (Å²) in [5, 5.41) is 0. The third-order valence-corrected chi connectivity index (χ3v) is 2.13. The quantitative estimate of drug-likeness (QED) is 0.433. The van der Waals surface area contributed by atoms with Crippen molar-refractivity contribution in [3.05, 3.63) is 23.3 Å². The molecule has 1 aromatic carbocycles. The zero-order chi connectivity index (χ0) is 7.72. The summed E-state index contributed by atoms with van der Waals surface area (Å²) in [6, 6.07) is 3.82. The van der Waals surface area contributed by atoms with Crippen molar-refractivity contribution >= 4 is 18.3 Å². The number of anilines is 1. The minimum Gasteiger partial charge on any atom is -0.399 e. The van der Waals surface area contributed by atoms with Gasteiger partial charge < -0.3 is 5.73 Å².